The van der Waals surface area contributed by atoms with Crippen molar-refractivity contribution < 1.29 is 22.7 Å². The normalized spacial score (nSPS) is 17.4. The molecule has 1 amide bonds. The van der Waals surface area contributed by atoms with Gasteiger partial charge in [-0.2, -0.15) is 4.31 Å². The van der Waals surface area contributed by atoms with Gasteiger partial charge in [-0.25, -0.2) is 8.42 Å². The average molecular weight is 433 g/mol. The molecular formula is C22H28N2O5S. The molecule has 1 N–H and O–H groups in total. The third kappa shape index (κ3) is 4.94. The maximum Gasteiger partial charge on any atom is 0.246 e. The standard InChI is InChI=1S/C22H28N2O5S/c1-16-6-11-20(29-3)21(13-16)30(26,27)24-12-4-5-18(15-24)22(25)23-14-17-7-9-19(28-2)10-8-17/h6-11,13,18H,4-5,12,14-15H2,1-3H3,(H,23,25)/t18-/m0/s1. The Morgan fingerprint density at radius 3 is 2.53 bits per heavy atom. The molecule has 30 heavy (non-hydrogen) atoms. The van der Waals surface area contributed by atoms with Gasteiger partial charge in [0.2, 0.25) is 15.9 Å². The molecule has 3 rings (SSSR count). The number of rotatable bonds is 7. The van der Waals surface area contributed by atoms with Crippen LogP contribution in [-0.2, 0) is 21.4 Å². The molecule has 0 aromatic heterocycles. The number of methoxy groups -OCH3 is 2. The zero-order chi connectivity index (χ0) is 21.7. The lowest BCUT2D eigenvalue weighted by Gasteiger charge is -2.31. The molecule has 162 valence electrons. The highest BCUT2D eigenvalue weighted by Gasteiger charge is 2.34. The molecule has 2 aromatic rings. The van der Waals surface area contributed by atoms with Crippen molar-refractivity contribution in [2.75, 3.05) is 27.3 Å². The van der Waals surface area contributed by atoms with E-state index in [0.29, 0.717) is 31.7 Å². The molecule has 1 atom stereocenters. The summed E-state index contributed by atoms with van der Waals surface area (Å²) in [6, 6.07) is 12.5. The van der Waals surface area contributed by atoms with Crippen LogP contribution in [0.25, 0.3) is 0 Å². The van der Waals surface area contributed by atoms with Crippen LogP contribution in [0.3, 0.4) is 0 Å². The second-order valence-electron chi connectivity index (χ2n) is 7.42. The SMILES string of the molecule is COc1ccc(CNC(=O)[C@H]2CCCN(S(=O)(=O)c3cc(C)ccc3OC)C2)cc1. The van der Waals surface area contributed by atoms with E-state index in [1.807, 2.05) is 37.3 Å². The van der Waals surface area contributed by atoms with E-state index in [1.54, 1.807) is 19.2 Å². The smallest absolute Gasteiger partial charge is 0.246 e. The fourth-order valence-electron chi connectivity index (χ4n) is 3.58. The van der Waals surface area contributed by atoms with Gasteiger partial charge in [0.05, 0.1) is 20.1 Å². The molecule has 8 heteroatoms. The number of hydrogen-bond donors (Lipinski definition) is 1. The van der Waals surface area contributed by atoms with Crippen molar-refractivity contribution >= 4 is 15.9 Å². The number of carbonyl (C=O) groups excluding carboxylic acids is 1. The van der Waals surface area contributed by atoms with E-state index in [2.05, 4.69) is 5.32 Å². The molecule has 1 heterocycles. The average Bonchev–Trinajstić information content (AvgIpc) is 2.77. The molecule has 0 aliphatic carbocycles. The van der Waals surface area contributed by atoms with Crippen molar-refractivity contribution in [2.45, 2.75) is 31.2 Å². The van der Waals surface area contributed by atoms with Crippen molar-refractivity contribution in [3.8, 4) is 11.5 Å². The van der Waals surface area contributed by atoms with Gasteiger partial charge in [-0.3, -0.25) is 4.79 Å². The first-order valence-corrected chi connectivity index (χ1v) is 11.3. The Labute approximate surface area is 178 Å². The predicted octanol–water partition coefficient (Wildman–Crippen LogP) is 2.73. The van der Waals surface area contributed by atoms with E-state index in [4.69, 9.17) is 9.47 Å². The first-order valence-electron chi connectivity index (χ1n) is 9.90. The van der Waals surface area contributed by atoms with Crippen molar-refractivity contribution in [1.29, 1.82) is 0 Å². The van der Waals surface area contributed by atoms with Gasteiger partial charge >= 0.3 is 0 Å². The van der Waals surface area contributed by atoms with E-state index in [0.717, 1.165) is 16.9 Å². The van der Waals surface area contributed by atoms with Crippen LogP contribution in [0.15, 0.2) is 47.4 Å². The lowest BCUT2D eigenvalue weighted by atomic mass is 9.99. The number of sulfonamides is 1. The van der Waals surface area contributed by atoms with Gasteiger partial charge < -0.3 is 14.8 Å². The van der Waals surface area contributed by atoms with Crippen LogP contribution in [-0.4, -0.2) is 45.9 Å². The Morgan fingerprint density at radius 1 is 1.13 bits per heavy atom. The van der Waals surface area contributed by atoms with Gasteiger partial charge in [-0.1, -0.05) is 18.2 Å². The lowest BCUT2D eigenvalue weighted by Crippen LogP contribution is -2.45. The molecule has 0 saturated carbocycles. The van der Waals surface area contributed by atoms with Crippen LogP contribution in [0.4, 0.5) is 0 Å². The lowest BCUT2D eigenvalue weighted by molar-refractivity contribution is -0.126. The Morgan fingerprint density at radius 2 is 1.87 bits per heavy atom. The highest BCUT2D eigenvalue weighted by molar-refractivity contribution is 7.89. The first-order chi connectivity index (χ1) is 14.3. The van der Waals surface area contributed by atoms with Crippen LogP contribution in [0.2, 0.25) is 0 Å². The quantitative estimate of drug-likeness (QED) is 0.727. The molecule has 2 aromatic carbocycles. The molecule has 1 saturated heterocycles. The minimum atomic E-state index is -3.75. The number of ether oxygens (including phenoxy) is 2. The van der Waals surface area contributed by atoms with Crippen molar-refractivity contribution in [1.82, 2.24) is 9.62 Å². The Balaban J connectivity index is 1.68. The minimum absolute atomic E-state index is 0.137. The summed E-state index contributed by atoms with van der Waals surface area (Å²) in [7, 11) is -0.697. The number of amides is 1. The number of nitrogens with one attached hydrogen (secondary N) is 1. The zero-order valence-corrected chi connectivity index (χ0v) is 18.4. The summed E-state index contributed by atoms with van der Waals surface area (Å²) in [6.45, 7) is 2.78. The topological polar surface area (TPSA) is 84.9 Å². The molecule has 1 aliphatic heterocycles. The highest BCUT2D eigenvalue weighted by Crippen LogP contribution is 2.30. The maximum absolute atomic E-state index is 13.2. The molecular weight excluding hydrogens is 404 g/mol. The number of benzene rings is 2. The van der Waals surface area contributed by atoms with Crippen molar-refractivity contribution in [3.63, 3.8) is 0 Å². The molecule has 7 nitrogen and oxygen atoms in total. The van der Waals surface area contributed by atoms with Crippen molar-refractivity contribution in [2.24, 2.45) is 5.92 Å². The number of hydrogen-bond acceptors (Lipinski definition) is 5. The summed E-state index contributed by atoms with van der Waals surface area (Å²) in [4.78, 5) is 12.8. The van der Waals surface area contributed by atoms with E-state index in [1.165, 1.54) is 11.4 Å². The first kappa shape index (κ1) is 22.1. The fourth-order valence-corrected chi connectivity index (χ4v) is 5.34. The Bertz CT molecular complexity index is 989. The summed E-state index contributed by atoms with van der Waals surface area (Å²) in [6.07, 6.45) is 1.29. The monoisotopic (exact) mass is 432 g/mol. The van der Waals surface area contributed by atoms with Gasteiger partial charge in [-0.15, -0.1) is 0 Å². The van der Waals surface area contributed by atoms with Crippen LogP contribution in [0.5, 0.6) is 11.5 Å². The third-order valence-corrected chi connectivity index (χ3v) is 7.20. The van der Waals surface area contributed by atoms with Gasteiger partial charge in [-0.05, 0) is 55.2 Å². The fraction of sp³-hybridized carbons (Fsp3) is 0.409. The van der Waals surface area contributed by atoms with E-state index in [9.17, 15) is 13.2 Å². The van der Waals surface area contributed by atoms with Gasteiger partial charge in [0, 0.05) is 19.6 Å². The largest absolute Gasteiger partial charge is 0.497 e. The summed E-state index contributed by atoms with van der Waals surface area (Å²) in [5, 5.41) is 2.92. The van der Waals surface area contributed by atoms with Crippen LogP contribution in [0.1, 0.15) is 24.0 Å². The molecule has 0 spiro atoms. The molecule has 0 radical (unpaired) electrons. The van der Waals surface area contributed by atoms with Crippen LogP contribution < -0.4 is 14.8 Å². The Hall–Kier alpha value is -2.58. The minimum Gasteiger partial charge on any atom is -0.497 e. The summed E-state index contributed by atoms with van der Waals surface area (Å²) >= 11 is 0. The van der Waals surface area contributed by atoms with Gasteiger partial charge in [0.25, 0.3) is 0 Å². The van der Waals surface area contributed by atoms with Gasteiger partial charge in [0.1, 0.15) is 16.4 Å². The van der Waals surface area contributed by atoms with E-state index in [-0.39, 0.29) is 23.3 Å². The summed E-state index contributed by atoms with van der Waals surface area (Å²) in [5.41, 5.74) is 1.79. The van der Waals surface area contributed by atoms with Crippen molar-refractivity contribution in [3.05, 3.63) is 53.6 Å². The third-order valence-electron chi connectivity index (χ3n) is 5.32. The maximum atomic E-state index is 13.2. The van der Waals surface area contributed by atoms with Crippen LogP contribution in [0, 0.1) is 12.8 Å². The second kappa shape index (κ2) is 9.49. The van der Waals surface area contributed by atoms with Gasteiger partial charge in [0.15, 0.2) is 0 Å². The molecule has 1 fully saturated rings. The van der Waals surface area contributed by atoms with Crippen LogP contribution >= 0.6 is 0 Å². The number of carbonyl (C=O) groups is 1. The van der Waals surface area contributed by atoms with E-state index >= 15 is 0 Å². The Kier molecular flexibility index (Phi) is 6.99. The van der Waals surface area contributed by atoms with E-state index < -0.39 is 10.0 Å². The summed E-state index contributed by atoms with van der Waals surface area (Å²) < 4.78 is 38.3. The summed E-state index contributed by atoms with van der Waals surface area (Å²) in [5.74, 6) is 0.543. The molecule has 1 aliphatic rings. The predicted molar refractivity (Wildman–Crippen MR) is 114 cm³/mol. The molecule has 0 bridgehead atoms. The number of nitrogens with zero attached hydrogens (tertiary/aromatic N) is 1. The number of aryl methyl sites for hydroxylation is 1. The second-order valence-corrected chi connectivity index (χ2v) is 9.33. The zero-order valence-electron chi connectivity index (χ0n) is 17.6. The highest BCUT2D eigenvalue weighted by atomic mass is 32.2. The number of piperidine rings is 1. The molecule has 0 unspecified atom stereocenters.